The summed E-state index contributed by atoms with van der Waals surface area (Å²) in [5.41, 5.74) is 2.29. The number of nitrogens with one attached hydrogen (secondary N) is 1. The van der Waals surface area contributed by atoms with Gasteiger partial charge in [-0.3, -0.25) is 4.68 Å². The molecule has 2 aromatic rings. The Morgan fingerprint density at radius 2 is 2.29 bits per heavy atom. The second-order valence-electron chi connectivity index (χ2n) is 6.20. The van der Waals surface area contributed by atoms with Gasteiger partial charge in [-0.15, -0.1) is 0 Å². The minimum absolute atomic E-state index is 0.239. The quantitative estimate of drug-likeness (QED) is 0.843. The molecular weight excluding hydrogens is 314 g/mol. The number of alkyl halides is 2. The average molecular weight is 336 g/mol. The Balaban J connectivity index is 1.61. The molecule has 0 aliphatic heterocycles. The van der Waals surface area contributed by atoms with Crippen LogP contribution in [0.15, 0.2) is 30.9 Å². The largest absolute Gasteiger partial charge is 0.435 e. The van der Waals surface area contributed by atoms with E-state index in [0.29, 0.717) is 6.04 Å². The van der Waals surface area contributed by atoms with Gasteiger partial charge >= 0.3 is 6.61 Å². The zero-order valence-electron chi connectivity index (χ0n) is 13.7. The predicted molar refractivity (Wildman–Crippen MR) is 86.0 cm³/mol. The Kier molecular flexibility index (Phi) is 5.40. The molecular formula is C17H22F2N4O. The van der Waals surface area contributed by atoms with Crippen molar-refractivity contribution in [2.24, 2.45) is 0 Å². The molecule has 0 amide bonds. The van der Waals surface area contributed by atoms with Crippen LogP contribution in [0.5, 0.6) is 5.75 Å². The summed E-state index contributed by atoms with van der Waals surface area (Å²) >= 11 is 0. The van der Waals surface area contributed by atoms with Crippen molar-refractivity contribution in [1.29, 1.82) is 0 Å². The van der Waals surface area contributed by atoms with Crippen molar-refractivity contribution in [3.05, 3.63) is 42.0 Å². The molecule has 1 aromatic carbocycles. The summed E-state index contributed by atoms with van der Waals surface area (Å²) in [4.78, 5) is 3.94. The van der Waals surface area contributed by atoms with E-state index in [1.807, 2.05) is 10.7 Å². The number of nitrogens with zero attached hydrogens (tertiary/aromatic N) is 3. The van der Waals surface area contributed by atoms with Crippen LogP contribution in [0.2, 0.25) is 0 Å². The van der Waals surface area contributed by atoms with Crippen molar-refractivity contribution in [3.63, 3.8) is 0 Å². The molecule has 0 bridgehead atoms. The first-order valence-electron chi connectivity index (χ1n) is 8.28. The lowest BCUT2D eigenvalue weighted by Gasteiger charge is -2.29. The van der Waals surface area contributed by atoms with Gasteiger partial charge in [0.25, 0.3) is 0 Å². The number of aryl methyl sites for hydroxylation is 2. The Labute approximate surface area is 140 Å². The van der Waals surface area contributed by atoms with Gasteiger partial charge in [0.05, 0.1) is 0 Å². The van der Waals surface area contributed by atoms with Crippen molar-refractivity contribution in [2.45, 2.75) is 57.8 Å². The number of hydrogen-bond acceptors (Lipinski definition) is 4. The Bertz CT molecular complexity index is 648. The number of benzene rings is 1. The molecule has 0 unspecified atom stereocenters. The fourth-order valence-corrected chi connectivity index (χ4v) is 3.24. The number of halogens is 2. The van der Waals surface area contributed by atoms with Crippen LogP contribution in [-0.2, 0) is 13.0 Å². The molecule has 0 saturated carbocycles. The van der Waals surface area contributed by atoms with E-state index in [9.17, 15) is 8.78 Å². The molecule has 3 rings (SSSR count). The zero-order valence-corrected chi connectivity index (χ0v) is 13.7. The minimum atomic E-state index is -2.78. The third kappa shape index (κ3) is 4.29. The highest BCUT2D eigenvalue weighted by atomic mass is 19.3. The molecule has 1 aliphatic carbocycles. The molecule has 130 valence electrons. The van der Waals surface area contributed by atoms with E-state index in [2.05, 4.69) is 27.1 Å². The smallest absolute Gasteiger partial charge is 0.387 e. The molecule has 0 spiro atoms. The number of rotatable bonds is 7. The van der Waals surface area contributed by atoms with Gasteiger partial charge in [-0.25, -0.2) is 4.98 Å². The van der Waals surface area contributed by atoms with Crippen LogP contribution in [-0.4, -0.2) is 27.4 Å². The predicted octanol–water partition coefficient (Wildman–Crippen LogP) is 3.33. The summed E-state index contributed by atoms with van der Waals surface area (Å²) in [6.45, 7) is 0.186. The monoisotopic (exact) mass is 336 g/mol. The van der Waals surface area contributed by atoms with E-state index in [1.54, 1.807) is 18.5 Å². The summed E-state index contributed by atoms with van der Waals surface area (Å²) in [6.07, 6.45) is 7.19. The number of fused-ring (bicyclic) bond motifs is 1. The van der Waals surface area contributed by atoms with Gasteiger partial charge in [0.2, 0.25) is 0 Å². The maximum absolute atomic E-state index is 12.4. The maximum atomic E-state index is 12.4. The first kappa shape index (κ1) is 16.8. The molecule has 2 atom stereocenters. The summed E-state index contributed by atoms with van der Waals surface area (Å²) < 4.78 is 31.0. The molecule has 1 heterocycles. The normalized spacial score (nSPS) is 18.4. The van der Waals surface area contributed by atoms with Crippen molar-refractivity contribution in [1.82, 2.24) is 20.1 Å². The minimum Gasteiger partial charge on any atom is -0.435 e. The Hall–Kier alpha value is -2.02. The average Bonchev–Trinajstić information content (AvgIpc) is 3.06. The molecule has 1 aromatic heterocycles. The lowest BCUT2D eigenvalue weighted by atomic mass is 9.87. The maximum Gasteiger partial charge on any atom is 0.387 e. The summed E-state index contributed by atoms with van der Waals surface area (Å²) in [5, 5.41) is 7.75. The molecule has 7 heteroatoms. The van der Waals surface area contributed by atoms with Gasteiger partial charge < -0.3 is 10.1 Å². The number of ether oxygens (including phenoxy) is 1. The topological polar surface area (TPSA) is 52.0 Å². The van der Waals surface area contributed by atoms with E-state index < -0.39 is 6.61 Å². The molecule has 24 heavy (non-hydrogen) atoms. The van der Waals surface area contributed by atoms with Gasteiger partial charge in [0.1, 0.15) is 18.4 Å². The van der Waals surface area contributed by atoms with Crippen LogP contribution in [0.1, 0.15) is 43.4 Å². The van der Waals surface area contributed by atoms with Crippen LogP contribution in [0.4, 0.5) is 8.78 Å². The van der Waals surface area contributed by atoms with Crippen LogP contribution in [0.25, 0.3) is 0 Å². The molecule has 1 aliphatic rings. The van der Waals surface area contributed by atoms with Crippen molar-refractivity contribution >= 4 is 0 Å². The van der Waals surface area contributed by atoms with Crippen LogP contribution < -0.4 is 10.1 Å². The SMILES string of the molecule is C[C@H](CCn1cncn1)N[C@H]1CCCc2cc(OC(F)F)ccc21. The summed E-state index contributed by atoms with van der Waals surface area (Å²) in [5.74, 6) is 0.239. The van der Waals surface area contributed by atoms with E-state index in [4.69, 9.17) is 0 Å². The van der Waals surface area contributed by atoms with Gasteiger partial charge in [-0.05, 0) is 55.9 Å². The van der Waals surface area contributed by atoms with Gasteiger partial charge in [-0.2, -0.15) is 13.9 Å². The summed E-state index contributed by atoms with van der Waals surface area (Å²) in [7, 11) is 0. The first-order valence-corrected chi connectivity index (χ1v) is 8.28. The Morgan fingerprint density at radius 3 is 3.04 bits per heavy atom. The number of hydrogen-bond donors (Lipinski definition) is 1. The van der Waals surface area contributed by atoms with Crippen molar-refractivity contribution < 1.29 is 13.5 Å². The molecule has 0 radical (unpaired) electrons. The fraction of sp³-hybridized carbons (Fsp3) is 0.529. The Morgan fingerprint density at radius 1 is 1.42 bits per heavy atom. The van der Waals surface area contributed by atoms with Gasteiger partial charge in [0, 0.05) is 18.6 Å². The highest BCUT2D eigenvalue weighted by molar-refractivity contribution is 5.39. The number of aromatic nitrogens is 3. The lowest BCUT2D eigenvalue weighted by Crippen LogP contribution is -2.33. The molecule has 0 saturated heterocycles. The molecule has 1 N–H and O–H groups in total. The third-order valence-electron chi connectivity index (χ3n) is 4.40. The van der Waals surface area contributed by atoms with E-state index in [0.717, 1.165) is 37.8 Å². The third-order valence-corrected chi connectivity index (χ3v) is 4.40. The first-order chi connectivity index (χ1) is 11.6. The fourth-order valence-electron chi connectivity index (χ4n) is 3.24. The summed E-state index contributed by atoms with van der Waals surface area (Å²) in [6, 6.07) is 5.86. The van der Waals surface area contributed by atoms with Crippen LogP contribution in [0, 0.1) is 0 Å². The molecule has 0 fully saturated rings. The zero-order chi connectivity index (χ0) is 16.9. The van der Waals surface area contributed by atoms with E-state index in [1.165, 1.54) is 11.9 Å². The van der Waals surface area contributed by atoms with E-state index in [-0.39, 0.29) is 11.8 Å². The lowest BCUT2D eigenvalue weighted by molar-refractivity contribution is -0.0499. The van der Waals surface area contributed by atoms with Gasteiger partial charge in [0.15, 0.2) is 0 Å². The van der Waals surface area contributed by atoms with Crippen molar-refractivity contribution in [2.75, 3.05) is 0 Å². The highest BCUT2D eigenvalue weighted by Gasteiger charge is 2.22. The standard InChI is InChI=1S/C17H22F2N4O/c1-12(7-8-23-11-20-10-21-23)22-16-4-2-3-13-9-14(24-17(18)19)5-6-15(13)16/h5-6,9-12,16-17,22H,2-4,7-8H2,1H3/t12-,16+/m1/s1. The van der Waals surface area contributed by atoms with Crippen molar-refractivity contribution in [3.8, 4) is 5.75 Å². The van der Waals surface area contributed by atoms with E-state index >= 15 is 0 Å². The highest BCUT2D eigenvalue weighted by Crippen LogP contribution is 2.33. The van der Waals surface area contributed by atoms with Crippen LogP contribution >= 0.6 is 0 Å². The molecule has 5 nitrogen and oxygen atoms in total. The van der Waals surface area contributed by atoms with Gasteiger partial charge in [-0.1, -0.05) is 6.07 Å². The second kappa shape index (κ2) is 7.70. The van der Waals surface area contributed by atoms with Crippen LogP contribution in [0.3, 0.4) is 0 Å². The second-order valence-corrected chi connectivity index (χ2v) is 6.20.